The van der Waals surface area contributed by atoms with Gasteiger partial charge in [0.2, 0.25) is 5.91 Å². The minimum absolute atomic E-state index is 0.152. The molecule has 0 aliphatic carbocycles. The number of aromatic nitrogens is 2. The van der Waals surface area contributed by atoms with Gasteiger partial charge >= 0.3 is 6.18 Å². The summed E-state index contributed by atoms with van der Waals surface area (Å²) >= 11 is 1.17. The molecule has 3 rings (SSSR count). The molecule has 0 aliphatic heterocycles. The molecular formula is C19H17F4N3OS. The molecule has 1 atom stereocenters. The summed E-state index contributed by atoms with van der Waals surface area (Å²) in [4.78, 5) is 16.4. The Balaban J connectivity index is 1.58. The minimum Gasteiger partial charge on any atom is -0.340 e. The van der Waals surface area contributed by atoms with E-state index in [-0.39, 0.29) is 11.3 Å². The monoisotopic (exact) mass is 411 g/mol. The van der Waals surface area contributed by atoms with Crippen molar-refractivity contribution in [3.63, 3.8) is 0 Å². The lowest BCUT2D eigenvalue weighted by atomic mass is 10.1. The van der Waals surface area contributed by atoms with Crippen LogP contribution in [-0.2, 0) is 10.5 Å². The maximum Gasteiger partial charge on any atom is 0.412 e. The lowest BCUT2D eigenvalue weighted by molar-refractivity contribution is -0.162. The van der Waals surface area contributed by atoms with E-state index in [1.807, 2.05) is 41.2 Å². The number of pyridine rings is 1. The van der Waals surface area contributed by atoms with Crippen LogP contribution in [0.1, 0.15) is 22.9 Å². The summed E-state index contributed by atoms with van der Waals surface area (Å²) in [5.41, 5.74) is 2.35. The van der Waals surface area contributed by atoms with Crippen LogP contribution < -0.4 is 5.32 Å². The predicted molar refractivity (Wildman–Crippen MR) is 99.4 cm³/mol. The first kappa shape index (κ1) is 20.2. The zero-order valence-corrected chi connectivity index (χ0v) is 15.6. The van der Waals surface area contributed by atoms with Gasteiger partial charge in [0, 0.05) is 18.1 Å². The molecule has 3 aromatic rings. The molecule has 0 bridgehead atoms. The molecule has 0 radical (unpaired) electrons. The molecule has 0 fully saturated rings. The number of nitrogens with one attached hydrogen (secondary N) is 1. The van der Waals surface area contributed by atoms with E-state index in [2.05, 4.69) is 4.98 Å². The summed E-state index contributed by atoms with van der Waals surface area (Å²) in [6.07, 6.45) is -0.943. The first-order valence-corrected chi connectivity index (χ1v) is 9.51. The zero-order valence-electron chi connectivity index (χ0n) is 14.8. The molecule has 1 unspecified atom stereocenters. The summed E-state index contributed by atoms with van der Waals surface area (Å²) in [7, 11) is 0. The third-order valence-corrected chi connectivity index (χ3v) is 4.93. The summed E-state index contributed by atoms with van der Waals surface area (Å²) in [5.74, 6) is -1.16. The van der Waals surface area contributed by atoms with Crippen LogP contribution in [0.15, 0.2) is 48.8 Å². The summed E-state index contributed by atoms with van der Waals surface area (Å²) in [6.45, 7) is 1.95. The van der Waals surface area contributed by atoms with E-state index in [9.17, 15) is 22.4 Å². The molecule has 2 heterocycles. The van der Waals surface area contributed by atoms with E-state index in [4.69, 9.17) is 0 Å². The number of imidazole rings is 1. The second-order valence-electron chi connectivity index (χ2n) is 6.29. The number of carbonyl (C=O) groups excluding carboxylic acids is 1. The number of thioether (sulfide) groups is 1. The van der Waals surface area contributed by atoms with Gasteiger partial charge in [-0.05, 0) is 36.2 Å². The van der Waals surface area contributed by atoms with Gasteiger partial charge in [0.15, 0.2) is 6.04 Å². The maximum absolute atomic E-state index is 13.3. The van der Waals surface area contributed by atoms with E-state index in [0.717, 1.165) is 41.2 Å². The van der Waals surface area contributed by atoms with Crippen LogP contribution in [0.4, 0.5) is 17.6 Å². The van der Waals surface area contributed by atoms with Crippen molar-refractivity contribution in [1.82, 2.24) is 14.7 Å². The molecule has 28 heavy (non-hydrogen) atoms. The van der Waals surface area contributed by atoms with Crippen LogP contribution in [0.5, 0.6) is 0 Å². The van der Waals surface area contributed by atoms with E-state index >= 15 is 0 Å². The van der Waals surface area contributed by atoms with Crippen LogP contribution in [0.25, 0.3) is 5.65 Å². The molecule has 9 heteroatoms. The maximum atomic E-state index is 13.3. The number of alkyl halides is 3. The van der Waals surface area contributed by atoms with Crippen LogP contribution in [0.3, 0.4) is 0 Å². The Kier molecular flexibility index (Phi) is 5.93. The number of hydrogen-bond acceptors (Lipinski definition) is 3. The molecule has 4 nitrogen and oxygen atoms in total. The van der Waals surface area contributed by atoms with Crippen LogP contribution in [0.2, 0.25) is 0 Å². The number of hydrogen-bond donors (Lipinski definition) is 1. The number of carbonyl (C=O) groups is 1. The Hall–Kier alpha value is -2.55. The smallest absolute Gasteiger partial charge is 0.340 e. The predicted octanol–water partition coefficient (Wildman–Crippen LogP) is 4.43. The fourth-order valence-electron chi connectivity index (χ4n) is 2.69. The quantitative estimate of drug-likeness (QED) is 0.611. The Labute approximate surface area is 163 Å². The molecule has 0 saturated carbocycles. The number of amides is 1. The van der Waals surface area contributed by atoms with Gasteiger partial charge in [0.1, 0.15) is 11.5 Å². The van der Waals surface area contributed by atoms with Crippen molar-refractivity contribution in [1.29, 1.82) is 0 Å². The van der Waals surface area contributed by atoms with E-state index < -0.39 is 23.9 Å². The largest absolute Gasteiger partial charge is 0.412 e. The van der Waals surface area contributed by atoms with E-state index in [0.29, 0.717) is 5.75 Å². The highest BCUT2D eigenvalue weighted by Gasteiger charge is 2.41. The first-order chi connectivity index (χ1) is 13.2. The van der Waals surface area contributed by atoms with Gasteiger partial charge in [-0.25, -0.2) is 9.37 Å². The number of rotatable bonds is 6. The highest BCUT2D eigenvalue weighted by Crippen LogP contribution is 2.32. The summed E-state index contributed by atoms with van der Waals surface area (Å²) in [5, 5.41) is 1.98. The average molecular weight is 411 g/mol. The SMILES string of the molecule is Cc1ccc2nc(CSCC(=O)NC(c3ccc(F)cc3)C(F)(F)F)cn2c1. The van der Waals surface area contributed by atoms with Gasteiger partial charge in [-0.2, -0.15) is 13.2 Å². The Morgan fingerprint density at radius 2 is 1.89 bits per heavy atom. The number of benzene rings is 1. The number of nitrogens with zero attached hydrogens (tertiary/aromatic N) is 2. The molecule has 1 amide bonds. The normalized spacial score (nSPS) is 12.9. The fraction of sp³-hybridized carbons (Fsp3) is 0.263. The Morgan fingerprint density at radius 3 is 2.57 bits per heavy atom. The minimum atomic E-state index is -4.68. The summed E-state index contributed by atoms with van der Waals surface area (Å²) in [6, 6.07) is 5.50. The standard InChI is InChI=1S/C19H17F4N3OS/c1-12-2-7-16-24-15(9-26(16)8-12)10-28-11-17(27)25-18(19(21,22)23)13-3-5-14(20)6-4-13/h2-9,18H,10-11H2,1H3,(H,25,27). The lowest BCUT2D eigenvalue weighted by Crippen LogP contribution is -2.39. The zero-order chi connectivity index (χ0) is 20.3. The van der Waals surface area contributed by atoms with Gasteiger partial charge < -0.3 is 9.72 Å². The summed E-state index contributed by atoms with van der Waals surface area (Å²) < 4.78 is 54.6. The van der Waals surface area contributed by atoms with Crippen molar-refractivity contribution in [2.24, 2.45) is 0 Å². The van der Waals surface area contributed by atoms with Crippen molar-refractivity contribution in [2.75, 3.05) is 5.75 Å². The number of aryl methyl sites for hydroxylation is 1. The second-order valence-corrected chi connectivity index (χ2v) is 7.28. The van der Waals surface area contributed by atoms with Crippen LogP contribution >= 0.6 is 11.8 Å². The first-order valence-electron chi connectivity index (χ1n) is 8.36. The molecule has 148 valence electrons. The Morgan fingerprint density at radius 1 is 1.18 bits per heavy atom. The van der Waals surface area contributed by atoms with E-state index in [1.54, 1.807) is 0 Å². The van der Waals surface area contributed by atoms with Gasteiger partial charge in [-0.1, -0.05) is 18.2 Å². The van der Waals surface area contributed by atoms with Gasteiger partial charge in [-0.3, -0.25) is 4.79 Å². The number of fused-ring (bicyclic) bond motifs is 1. The average Bonchev–Trinajstić information content (AvgIpc) is 3.01. The van der Waals surface area contributed by atoms with Gasteiger partial charge in [0.25, 0.3) is 0 Å². The third-order valence-electron chi connectivity index (χ3n) is 3.97. The third kappa shape index (κ3) is 5.03. The topological polar surface area (TPSA) is 46.4 Å². The molecule has 0 saturated heterocycles. The fourth-order valence-corrected chi connectivity index (χ4v) is 3.40. The van der Waals surface area contributed by atoms with Crippen molar-refractivity contribution >= 4 is 23.3 Å². The van der Waals surface area contributed by atoms with Crippen molar-refractivity contribution in [2.45, 2.75) is 24.9 Å². The Bertz CT molecular complexity index is 969. The molecule has 1 N–H and O–H groups in total. The van der Waals surface area contributed by atoms with E-state index in [1.165, 1.54) is 11.8 Å². The van der Waals surface area contributed by atoms with Crippen molar-refractivity contribution in [3.8, 4) is 0 Å². The lowest BCUT2D eigenvalue weighted by Gasteiger charge is -2.22. The highest BCUT2D eigenvalue weighted by molar-refractivity contribution is 7.99. The molecule has 0 aliphatic rings. The van der Waals surface area contributed by atoms with Gasteiger partial charge in [0.05, 0.1) is 11.4 Å². The number of halogens is 4. The highest BCUT2D eigenvalue weighted by atomic mass is 32.2. The van der Waals surface area contributed by atoms with Crippen LogP contribution in [0, 0.1) is 12.7 Å². The molecule has 2 aromatic heterocycles. The molecule has 1 aromatic carbocycles. The second kappa shape index (κ2) is 8.22. The molecule has 0 spiro atoms. The van der Waals surface area contributed by atoms with Crippen molar-refractivity contribution < 1.29 is 22.4 Å². The van der Waals surface area contributed by atoms with Gasteiger partial charge in [-0.15, -0.1) is 11.8 Å². The van der Waals surface area contributed by atoms with Crippen LogP contribution in [-0.4, -0.2) is 27.2 Å². The molecular weight excluding hydrogens is 394 g/mol. The van der Waals surface area contributed by atoms with Crippen molar-refractivity contribution in [3.05, 3.63) is 71.4 Å².